The zero-order chi connectivity index (χ0) is 15.5. The number of nitrogens with one attached hydrogen (secondary N) is 1. The maximum absolute atomic E-state index is 12.6. The van der Waals surface area contributed by atoms with E-state index in [9.17, 15) is 8.42 Å². The average molecular weight is 418 g/mol. The van der Waals surface area contributed by atoms with Crippen molar-refractivity contribution in [1.82, 2.24) is 0 Å². The molecular weight excluding hydrogens is 403 g/mol. The summed E-state index contributed by atoms with van der Waals surface area (Å²) in [5.41, 5.74) is 6.57. The minimum absolute atomic E-state index is 0.0315. The molecule has 0 spiro atoms. The molecule has 2 aromatic carbocycles. The summed E-state index contributed by atoms with van der Waals surface area (Å²) in [6.45, 7) is 2.16. The molecule has 0 atom stereocenters. The molecule has 7 heteroatoms. The Morgan fingerprint density at radius 3 is 2.62 bits per heavy atom. The van der Waals surface area contributed by atoms with E-state index < -0.39 is 10.0 Å². The summed E-state index contributed by atoms with van der Waals surface area (Å²) in [7, 11) is -3.77. The maximum Gasteiger partial charge on any atom is 0.265 e. The number of sulfonamides is 1. The van der Waals surface area contributed by atoms with Gasteiger partial charge in [-0.1, -0.05) is 12.1 Å². The highest BCUT2D eigenvalue weighted by Gasteiger charge is 2.21. The number of hydrogen-bond acceptors (Lipinski definition) is 4. The number of nitrogen functional groups attached to an aromatic ring is 1. The zero-order valence-corrected chi connectivity index (χ0v) is 14.3. The molecular formula is C14H15IN2O3S. The second-order valence-corrected chi connectivity index (χ2v) is 7.04. The zero-order valence-electron chi connectivity index (χ0n) is 11.3. The van der Waals surface area contributed by atoms with Crippen LogP contribution in [-0.4, -0.2) is 15.0 Å². The number of para-hydroxylation sites is 1. The van der Waals surface area contributed by atoms with Crippen molar-refractivity contribution >= 4 is 44.0 Å². The van der Waals surface area contributed by atoms with Gasteiger partial charge in [0.05, 0.1) is 12.3 Å². The number of anilines is 2. The molecule has 0 aliphatic rings. The van der Waals surface area contributed by atoms with Gasteiger partial charge in [0.25, 0.3) is 10.0 Å². The first-order valence-electron chi connectivity index (χ1n) is 6.23. The first-order chi connectivity index (χ1) is 9.94. The Morgan fingerprint density at radius 1 is 1.24 bits per heavy atom. The van der Waals surface area contributed by atoms with Crippen molar-refractivity contribution in [3.8, 4) is 5.75 Å². The van der Waals surface area contributed by atoms with E-state index >= 15 is 0 Å². The highest BCUT2D eigenvalue weighted by atomic mass is 127. The molecule has 0 heterocycles. The van der Waals surface area contributed by atoms with Gasteiger partial charge in [0.2, 0.25) is 0 Å². The summed E-state index contributed by atoms with van der Waals surface area (Å²) >= 11 is 2.07. The first-order valence-corrected chi connectivity index (χ1v) is 8.80. The number of hydrogen-bond donors (Lipinski definition) is 2. The molecule has 0 unspecified atom stereocenters. The van der Waals surface area contributed by atoms with Crippen molar-refractivity contribution in [2.45, 2.75) is 11.8 Å². The van der Waals surface area contributed by atoms with E-state index in [1.165, 1.54) is 6.07 Å². The summed E-state index contributed by atoms with van der Waals surface area (Å²) in [5.74, 6) is 0.283. The highest BCUT2D eigenvalue weighted by Crippen LogP contribution is 2.29. The summed E-state index contributed by atoms with van der Waals surface area (Å²) in [6.07, 6.45) is 0. The second kappa shape index (κ2) is 6.52. The van der Waals surface area contributed by atoms with Crippen molar-refractivity contribution in [3.05, 3.63) is 46.0 Å². The summed E-state index contributed by atoms with van der Waals surface area (Å²) in [6, 6.07) is 11.7. The SMILES string of the molecule is CCOc1ccc(N)cc1S(=O)(=O)Nc1ccccc1I. The lowest BCUT2D eigenvalue weighted by molar-refractivity contribution is 0.331. The predicted octanol–water partition coefficient (Wildman–Crippen LogP) is 3.07. The van der Waals surface area contributed by atoms with E-state index in [0.717, 1.165) is 3.57 Å². The Balaban J connectivity index is 2.44. The molecule has 2 aromatic rings. The standard InChI is InChI=1S/C14H15IN2O3S/c1-2-20-13-8-7-10(16)9-14(13)21(18,19)17-12-6-4-3-5-11(12)15/h3-9,17H,2,16H2,1H3. The smallest absolute Gasteiger partial charge is 0.265 e. The molecule has 0 saturated carbocycles. The van der Waals surface area contributed by atoms with Crippen LogP contribution >= 0.6 is 22.6 Å². The van der Waals surface area contributed by atoms with Gasteiger partial charge in [0, 0.05) is 9.26 Å². The third-order valence-electron chi connectivity index (χ3n) is 2.68. The van der Waals surface area contributed by atoms with Crippen LogP contribution in [0.2, 0.25) is 0 Å². The molecule has 0 radical (unpaired) electrons. The molecule has 2 rings (SSSR count). The fourth-order valence-electron chi connectivity index (χ4n) is 1.75. The predicted molar refractivity (Wildman–Crippen MR) is 92.0 cm³/mol. The van der Waals surface area contributed by atoms with Crippen LogP contribution in [-0.2, 0) is 10.0 Å². The van der Waals surface area contributed by atoms with Crippen LogP contribution in [0.1, 0.15) is 6.92 Å². The molecule has 0 aliphatic carbocycles. The van der Waals surface area contributed by atoms with Crippen LogP contribution in [0.25, 0.3) is 0 Å². The van der Waals surface area contributed by atoms with Crippen LogP contribution in [0.15, 0.2) is 47.4 Å². The van der Waals surface area contributed by atoms with Crippen molar-refractivity contribution in [2.24, 2.45) is 0 Å². The largest absolute Gasteiger partial charge is 0.492 e. The summed E-state index contributed by atoms with van der Waals surface area (Å²) in [4.78, 5) is 0.0315. The van der Waals surface area contributed by atoms with Gasteiger partial charge >= 0.3 is 0 Å². The minimum atomic E-state index is -3.77. The lowest BCUT2D eigenvalue weighted by atomic mass is 10.3. The molecule has 0 bridgehead atoms. The van der Waals surface area contributed by atoms with Crippen LogP contribution in [0, 0.1) is 3.57 Å². The van der Waals surface area contributed by atoms with Gasteiger partial charge in [-0.25, -0.2) is 8.42 Å². The van der Waals surface area contributed by atoms with Crippen molar-refractivity contribution < 1.29 is 13.2 Å². The van der Waals surface area contributed by atoms with Gasteiger partial charge in [-0.3, -0.25) is 4.72 Å². The fourth-order valence-corrected chi connectivity index (χ4v) is 3.72. The molecule has 5 nitrogen and oxygen atoms in total. The Hall–Kier alpha value is -1.48. The molecule has 0 amide bonds. The van der Waals surface area contributed by atoms with E-state index in [0.29, 0.717) is 18.0 Å². The first kappa shape index (κ1) is 15.9. The minimum Gasteiger partial charge on any atom is -0.492 e. The Kier molecular flexibility index (Phi) is 4.94. The fraction of sp³-hybridized carbons (Fsp3) is 0.143. The average Bonchev–Trinajstić information content (AvgIpc) is 2.43. The second-order valence-electron chi connectivity index (χ2n) is 4.22. The number of halogens is 1. The Morgan fingerprint density at radius 2 is 1.95 bits per heavy atom. The molecule has 0 aromatic heterocycles. The van der Waals surface area contributed by atoms with E-state index in [4.69, 9.17) is 10.5 Å². The summed E-state index contributed by atoms with van der Waals surface area (Å²) < 4.78 is 33.8. The normalized spacial score (nSPS) is 11.1. The Bertz CT molecular complexity index is 748. The molecule has 0 fully saturated rings. The van der Waals surface area contributed by atoms with E-state index in [1.807, 2.05) is 12.1 Å². The van der Waals surface area contributed by atoms with E-state index in [2.05, 4.69) is 27.3 Å². The highest BCUT2D eigenvalue weighted by molar-refractivity contribution is 14.1. The van der Waals surface area contributed by atoms with E-state index in [1.54, 1.807) is 31.2 Å². The van der Waals surface area contributed by atoms with Crippen molar-refractivity contribution in [2.75, 3.05) is 17.1 Å². The van der Waals surface area contributed by atoms with Crippen molar-refractivity contribution in [3.63, 3.8) is 0 Å². The van der Waals surface area contributed by atoms with Gasteiger partial charge < -0.3 is 10.5 Å². The van der Waals surface area contributed by atoms with Crippen LogP contribution in [0.5, 0.6) is 5.75 Å². The number of benzene rings is 2. The van der Waals surface area contributed by atoms with Crippen molar-refractivity contribution in [1.29, 1.82) is 0 Å². The van der Waals surface area contributed by atoms with Gasteiger partial charge in [0.1, 0.15) is 10.6 Å². The van der Waals surface area contributed by atoms with Gasteiger partial charge in [0.15, 0.2) is 0 Å². The van der Waals surface area contributed by atoms with Crippen LogP contribution < -0.4 is 15.2 Å². The third kappa shape index (κ3) is 3.79. The molecule has 3 N–H and O–H groups in total. The van der Waals surface area contributed by atoms with Crippen LogP contribution in [0.4, 0.5) is 11.4 Å². The Labute approximate surface area is 137 Å². The van der Waals surface area contributed by atoms with Gasteiger partial charge in [-0.15, -0.1) is 0 Å². The van der Waals surface area contributed by atoms with E-state index in [-0.39, 0.29) is 10.6 Å². The lowest BCUT2D eigenvalue weighted by Gasteiger charge is -2.14. The quantitative estimate of drug-likeness (QED) is 0.578. The van der Waals surface area contributed by atoms with Crippen LogP contribution in [0.3, 0.4) is 0 Å². The number of ether oxygens (including phenoxy) is 1. The number of nitrogens with two attached hydrogens (primary N) is 1. The third-order valence-corrected chi connectivity index (χ3v) is 5.00. The summed E-state index contributed by atoms with van der Waals surface area (Å²) in [5, 5.41) is 0. The number of rotatable bonds is 5. The van der Waals surface area contributed by atoms with Gasteiger partial charge in [-0.05, 0) is 59.8 Å². The maximum atomic E-state index is 12.6. The molecule has 21 heavy (non-hydrogen) atoms. The molecule has 0 aliphatic heterocycles. The van der Waals surface area contributed by atoms with Gasteiger partial charge in [-0.2, -0.15) is 0 Å². The molecule has 112 valence electrons. The molecule has 0 saturated heterocycles. The lowest BCUT2D eigenvalue weighted by Crippen LogP contribution is -2.15. The monoisotopic (exact) mass is 418 g/mol. The topological polar surface area (TPSA) is 81.4 Å².